The molecular weight excluding hydrogens is 328 g/mol. The van der Waals surface area contributed by atoms with E-state index in [1.54, 1.807) is 0 Å². The van der Waals surface area contributed by atoms with Gasteiger partial charge in [-0.3, -0.25) is 9.69 Å². The van der Waals surface area contributed by atoms with Gasteiger partial charge in [0.15, 0.2) is 6.10 Å². The molecule has 0 bridgehead atoms. The van der Waals surface area contributed by atoms with Crippen LogP contribution >= 0.6 is 0 Å². The molecular formula is C21H30N2O3. The molecule has 142 valence electrons. The maximum absolute atomic E-state index is 12.6. The number of fused-ring (bicyclic) bond motifs is 1. The van der Waals surface area contributed by atoms with Gasteiger partial charge in [-0.15, -0.1) is 0 Å². The van der Waals surface area contributed by atoms with Gasteiger partial charge in [0.25, 0.3) is 5.91 Å². The van der Waals surface area contributed by atoms with E-state index in [0.29, 0.717) is 6.42 Å². The number of benzene rings is 1. The zero-order valence-electron chi connectivity index (χ0n) is 15.5. The molecule has 1 N–H and O–H groups in total. The number of hydrogen-bond donors (Lipinski definition) is 1. The molecule has 1 aromatic rings. The number of ether oxygens (including phenoxy) is 1. The fourth-order valence-electron chi connectivity index (χ4n) is 4.50. The molecule has 2 fully saturated rings. The average molecular weight is 358 g/mol. The predicted molar refractivity (Wildman–Crippen MR) is 99.8 cm³/mol. The van der Waals surface area contributed by atoms with Crippen LogP contribution in [0.25, 0.3) is 0 Å². The number of aliphatic hydroxyl groups excluding tert-OH is 1. The van der Waals surface area contributed by atoms with Crippen molar-refractivity contribution in [1.82, 2.24) is 9.80 Å². The van der Waals surface area contributed by atoms with Crippen LogP contribution in [-0.2, 0) is 22.5 Å². The van der Waals surface area contributed by atoms with Crippen molar-refractivity contribution in [2.75, 3.05) is 26.2 Å². The van der Waals surface area contributed by atoms with Gasteiger partial charge in [0.05, 0.1) is 12.2 Å². The highest BCUT2D eigenvalue weighted by Crippen LogP contribution is 2.26. The molecule has 1 amide bonds. The van der Waals surface area contributed by atoms with E-state index in [4.69, 9.17) is 4.74 Å². The number of carbonyl (C=O) groups is 1. The Kier molecular flexibility index (Phi) is 5.57. The second-order valence-corrected chi connectivity index (χ2v) is 7.94. The first-order valence-electron chi connectivity index (χ1n) is 10.1. The fraction of sp³-hybridized carbons (Fsp3) is 0.667. The summed E-state index contributed by atoms with van der Waals surface area (Å²) in [5.41, 5.74) is 2.90. The van der Waals surface area contributed by atoms with Gasteiger partial charge in [-0.05, 0) is 49.7 Å². The molecule has 3 aliphatic heterocycles. The van der Waals surface area contributed by atoms with Gasteiger partial charge < -0.3 is 14.7 Å². The van der Waals surface area contributed by atoms with E-state index in [2.05, 4.69) is 29.2 Å². The number of hydrogen-bond acceptors (Lipinski definition) is 4. The van der Waals surface area contributed by atoms with Gasteiger partial charge in [-0.2, -0.15) is 0 Å². The van der Waals surface area contributed by atoms with Crippen LogP contribution in [0.15, 0.2) is 24.3 Å². The van der Waals surface area contributed by atoms with E-state index < -0.39 is 12.2 Å². The molecule has 1 aromatic carbocycles. The summed E-state index contributed by atoms with van der Waals surface area (Å²) < 4.78 is 6.07. The van der Waals surface area contributed by atoms with E-state index in [1.165, 1.54) is 11.1 Å². The number of nitrogens with zero attached hydrogens (tertiary/aromatic N) is 2. The lowest BCUT2D eigenvalue weighted by atomic mass is 9.97. The first-order chi connectivity index (χ1) is 12.7. The Morgan fingerprint density at radius 2 is 1.88 bits per heavy atom. The topological polar surface area (TPSA) is 53.0 Å². The first kappa shape index (κ1) is 18.0. The van der Waals surface area contributed by atoms with Crippen molar-refractivity contribution in [1.29, 1.82) is 0 Å². The van der Waals surface area contributed by atoms with E-state index in [9.17, 15) is 9.90 Å². The number of likely N-dealkylation sites (tertiary alicyclic amines) is 1. The number of aliphatic hydroxyl groups is 1. The number of amides is 1. The summed E-state index contributed by atoms with van der Waals surface area (Å²) in [5, 5.41) is 10.3. The van der Waals surface area contributed by atoms with E-state index in [1.807, 2.05) is 4.90 Å². The Labute approximate surface area is 155 Å². The van der Waals surface area contributed by atoms with Gasteiger partial charge in [0, 0.05) is 32.7 Å². The molecule has 0 spiro atoms. The number of carbonyl (C=O) groups excluding carboxylic acids is 1. The minimum Gasteiger partial charge on any atom is -0.390 e. The summed E-state index contributed by atoms with van der Waals surface area (Å²) in [6.45, 7) is 4.69. The molecule has 5 nitrogen and oxygen atoms in total. The summed E-state index contributed by atoms with van der Waals surface area (Å²) in [7, 11) is 0. The Hall–Kier alpha value is -1.43. The second-order valence-electron chi connectivity index (χ2n) is 7.94. The van der Waals surface area contributed by atoms with Crippen molar-refractivity contribution in [3.8, 4) is 0 Å². The molecule has 3 aliphatic rings. The summed E-state index contributed by atoms with van der Waals surface area (Å²) in [6, 6.07) is 8.68. The molecule has 4 rings (SSSR count). The maximum Gasteiger partial charge on any atom is 0.254 e. The molecule has 3 atom stereocenters. The van der Waals surface area contributed by atoms with Gasteiger partial charge in [-0.25, -0.2) is 0 Å². The summed E-state index contributed by atoms with van der Waals surface area (Å²) >= 11 is 0. The number of rotatable bonds is 4. The van der Waals surface area contributed by atoms with E-state index >= 15 is 0 Å². The zero-order valence-corrected chi connectivity index (χ0v) is 15.5. The van der Waals surface area contributed by atoms with Crippen molar-refractivity contribution < 1.29 is 14.6 Å². The Morgan fingerprint density at radius 1 is 1.12 bits per heavy atom. The smallest absolute Gasteiger partial charge is 0.254 e. The fourth-order valence-corrected chi connectivity index (χ4v) is 4.50. The predicted octanol–water partition coefficient (Wildman–Crippen LogP) is 1.97. The van der Waals surface area contributed by atoms with Crippen LogP contribution in [0, 0.1) is 0 Å². The monoisotopic (exact) mass is 358 g/mol. The van der Waals surface area contributed by atoms with Crippen molar-refractivity contribution in [2.45, 2.75) is 63.4 Å². The molecule has 2 saturated heterocycles. The molecule has 26 heavy (non-hydrogen) atoms. The molecule has 3 unspecified atom stereocenters. The Morgan fingerprint density at radius 3 is 2.69 bits per heavy atom. The maximum atomic E-state index is 12.6. The Balaban J connectivity index is 1.29. The zero-order chi connectivity index (χ0) is 17.9. The highest BCUT2D eigenvalue weighted by molar-refractivity contribution is 5.82. The molecule has 3 heterocycles. The third kappa shape index (κ3) is 3.95. The molecule has 0 aromatic heterocycles. The van der Waals surface area contributed by atoms with Crippen molar-refractivity contribution in [3.63, 3.8) is 0 Å². The normalized spacial score (nSPS) is 29.6. The summed E-state index contributed by atoms with van der Waals surface area (Å²) in [5.74, 6) is -0.00778. The van der Waals surface area contributed by atoms with Crippen LogP contribution in [0.3, 0.4) is 0 Å². The van der Waals surface area contributed by atoms with Gasteiger partial charge in [0.1, 0.15) is 0 Å². The van der Waals surface area contributed by atoms with Gasteiger partial charge in [-0.1, -0.05) is 24.3 Å². The van der Waals surface area contributed by atoms with Crippen molar-refractivity contribution >= 4 is 5.91 Å². The standard InChI is InChI=1S/C21H30N2O3/c24-19-8-7-18(26-20(19)21(25)23-11-3-4-12-23)10-14-22-13-9-16-5-1-2-6-17(16)15-22/h1-2,5-6,18-20,24H,3-4,7-15H2. The lowest BCUT2D eigenvalue weighted by Crippen LogP contribution is -2.50. The average Bonchev–Trinajstić information content (AvgIpc) is 3.21. The molecule has 0 saturated carbocycles. The third-order valence-electron chi connectivity index (χ3n) is 6.11. The Bertz CT molecular complexity index is 629. The van der Waals surface area contributed by atoms with Crippen LogP contribution in [-0.4, -0.2) is 65.3 Å². The van der Waals surface area contributed by atoms with Crippen LogP contribution < -0.4 is 0 Å². The van der Waals surface area contributed by atoms with E-state index in [-0.39, 0.29) is 12.0 Å². The van der Waals surface area contributed by atoms with Crippen LogP contribution in [0.4, 0.5) is 0 Å². The quantitative estimate of drug-likeness (QED) is 0.894. The first-order valence-corrected chi connectivity index (χ1v) is 10.1. The van der Waals surface area contributed by atoms with Crippen LogP contribution in [0.5, 0.6) is 0 Å². The second kappa shape index (κ2) is 8.07. The van der Waals surface area contributed by atoms with Crippen molar-refractivity contribution in [3.05, 3.63) is 35.4 Å². The van der Waals surface area contributed by atoms with Crippen LogP contribution in [0.1, 0.15) is 43.2 Å². The largest absolute Gasteiger partial charge is 0.390 e. The van der Waals surface area contributed by atoms with E-state index in [0.717, 1.165) is 64.8 Å². The molecule has 0 aliphatic carbocycles. The van der Waals surface area contributed by atoms with Gasteiger partial charge >= 0.3 is 0 Å². The van der Waals surface area contributed by atoms with Gasteiger partial charge in [0.2, 0.25) is 0 Å². The SMILES string of the molecule is O=C(C1OC(CCN2CCc3ccccc3C2)CCC1O)N1CCCC1. The van der Waals surface area contributed by atoms with Crippen molar-refractivity contribution in [2.24, 2.45) is 0 Å². The highest BCUT2D eigenvalue weighted by Gasteiger charge is 2.38. The van der Waals surface area contributed by atoms with Crippen LogP contribution in [0.2, 0.25) is 0 Å². The minimum atomic E-state index is -0.658. The summed E-state index contributed by atoms with van der Waals surface area (Å²) in [6.07, 6.45) is 4.44. The highest BCUT2D eigenvalue weighted by atomic mass is 16.5. The summed E-state index contributed by atoms with van der Waals surface area (Å²) in [4.78, 5) is 17.0. The molecule has 0 radical (unpaired) electrons. The molecule has 5 heteroatoms. The lowest BCUT2D eigenvalue weighted by Gasteiger charge is -2.36. The minimum absolute atomic E-state index is 0.00778. The third-order valence-corrected chi connectivity index (χ3v) is 6.11. The lowest BCUT2D eigenvalue weighted by molar-refractivity contribution is -0.167.